The number of hydrogen-bond donors (Lipinski definition) is 1. The van der Waals surface area contributed by atoms with Crippen molar-refractivity contribution >= 4 is 0 Å². The lowest BCUT2D eigenvalue weighted by atomic mass is 9.99. The first-order valence-corrected chi connectivity index (χ1v) is 9.54. The molecule has 2 fully saturated rings. The van der Waals surface area contributed by atoms with Crippen LogP contribution in [0.15, 0.2) is 0 Å². The van der Waals surface area contributed by atoms with Crippen LogP contribution in [-0.2, 0) is 6.54 Å². The predicted molar refractivity (Wildman–Crippen MR) is 94.9 cm³/mol. The fourth-order valence-corrected chi connectivity index (χ4v) is 4.15. The van der Waals surface area contributed by atoms with Crippen LogP contribution in [0.25, 0.3) is 0 Å². The molecule has 0 aromatic carbocycles. The van der Waals surface area contributed by atoms with Crippen LogP contribution >= 0.6 is 0 Å². The Hall–Kier alpha value is -0.980. The highest BCUT2D eigenvalue weighted by molar-refractivity contribution is 4.90. The number of β-amino-alcohol motifs (C(OH)–C–C–N with tert-alkyl or cyclic N) is 1. The molecule has 3 rings (SSSR count). The maximum atomic E-state index is 10.6. The summed E-state index contributed by atoms with van der Waals surface area (Å²) in [6.07, 6.45) is 4.68. The van der Waals surface area contributed by atoms with Crippen molar-refractivity contribution in [2.45, 2.75) is 65.1 Å². The molecule has 2 atom stereocenters. The van der Waals surface area contributed by atoms with Crippen molar-refractivity contribution in [1.29, 1.82) is 0 Å². The van der Waals surface area contributed by atoms with E-state index in [2.05, 4.69) is 26.8 Å². The topological polar surface area (TPSA) is 57.4 Å². The molecule has 6 nitrogen and oxygen atoms in total. The van der Waals surface area contributed by atoms with Gasteiger partial charge in [0.15, 0.2) is 0 Å². The van der Waals surface area contributed by atoms with Crippen LogP contribution in [-0.4, -0.2) is 74.5 Å². The molecule has 0 aliphatic carbocycles. The lowest BCUT2D eigenvalue weighted by molar-refractivity contribution is 0.0552. The highest BCUT2D eigenvalue weighted by atomic mass is 16.3. The Morgan fingerprint density at radius 2 is 1.88 bits per heavy atom. The summed E-state index contributed by atoms with van der Waals surface area (Å²) < 4.78 is 2.02. The van der Waals surface area contributed by atoms with Gasteiger partial charge in [0.25, 0.3) is 0 Å². The number of aryl methyl sites for hydroxylation is 2. The number of hydrogen-bond acceptors (Lipinski definition) is 5. The van der Waals surface area contributed by atoms with Crippen LogP contribution in [0, 0.1) is 19.8 Å². The van der Waals surface area contributed by atoms with E-state index in [9.17, 15) is 5.11 Å². The molecule has 0 radical (unpaired) electrons. The Morgan fingerprint density at radius 3 is 2.54 bits per heavy atom. The third-order valence-corrected chi connectivity index (χ3v) is 5.64. The molecule has 3 heterocycles. The lowest BCUT2D eigenvalue weighted by Gasteiger charge is -2.33. The van der Waals surface area contributed by atoms with Crippen LogP contribution in [0.5, 0.6) is 0 Å². The molecule has 2 saturated heterocycles. The zero-order valence-corrected chi connectivity index (χ0v) is 15.5. The normalized spacial score (nSPS) is 25.4. The van der Waals surface area contributed by atoms with E-state index in [-0.39, 0.29) is 6.10 Å². The Kier molecular flexibility index (Phi) is 5.89. The number of aromatic nitrogens is 3. The molecule has 2 aliphatic heterocycles. The minimum Gasteiger partial charge on any atom is -0.390 e. The monoisotopic (exact) mass is 335 g/mol. The van der Waals surface area contributed by atoms with Crippen molar-refractivity contribution < 1.29 is 5.11 Å². The number of aliphatic hydroxyl groups excluding tert-OH is 1. The second-order valence-corrected chi connectivity index (χ2v) is 7.82. The largest absolute Gasteiger partial charge is 0.390 e. The number of aliphatic hydroxyl groups is 1. The summed E-state index contributed by atoms with van der Waals surface area (Å²) in [5.74, 6) is 2.68. The van der Waals surface area contributed by atoms with Crippen LogP contribution < -0.4 is 0 Å². The minimum absolute atomic E-state index is 0.252. The van der Waals surface area contributed by atoms with Crippen molar-refractivity contribution in [3.8, 4) is 0 Å². The Bertz CT molecular complexity index is 523. The third-order valence-electron chi connectivity index (χ3n) is 5.64. The Morgan fingerprint density at radius 1 is 1.12 bits per heavy atom. The summed E-state index contributed by atoms with van der Waals surface area (Å²) in [5.41, 5.74) is 0. The average Bonchev–Trinajstić information content (AvgIpc) is 3.08. The first-order chi connectivity index (χ1) is 11.5. The van der Waals surface area contributed by atoms with Crippen molar-refractivity contribution in [1.82, 2.24) is 24.6 Å². The summed E-state index contributed by atoms with van der Waals surface area (Å²) in [6.45, 7) is 12.1. The van der Waals surface area contributed by atoms with E-state index in [1.54, 1.807) is 0 Å². The maximum Gasteiger partial charge on any atom is 0.147 e. The van der Waals surface area contributed by atoms with Crippen LogP contribution in [0.1, 0.15) is 44.3 Å². The number of nitrogens with zero attached hydrogens (tertiary/aromatic N) is 5. The van der Waals surface area contributed by atoms with Gasteiger partial charge < -0.3 is 10.0 Å². The lowest BCUT2D eigenvalue weighted by Crippen LogP contribution is -2.45. The molecule has 136 valence electrons. The fourth-order valence-electron chi connectivity index (χ4n) is 4.15. The summed E-state index contributed by atoms with van der Waals surface area (Å²) in [6, 6.07) is 0.473. The van der Waals surface area contributed by atoms with Gasteiger partial charge in [0.05, 0.1) is 12.6 Å². The minimum atomic E-state index is -0.252. The molecule has 6 heteroatoms. The molecule has 2 aliphatic rings. The molecule has 1 aromatic rings. The summed E-state index contributed by atoms with van der Waals surface area (Å²) in [4.78, 5) is 9.28. The van der Waals surface area contributed by atoms with Crippen LogP contribution in [0.3, 0.4) is 0 Å². The van der Waals surface area contributed by atoms with Gasteiger partial charge in [-0.05, 0) is 65.1 Å². The molecule has 24 heavy (non-hydrogen) atoms. The van der Waals surface area contributed by atoms with Gasteiger partial charge in [-0.2, -0.15) is 5.10 Å². The second kappa shape index (κ2) is 7.93. The predicted octanol–water partition coefficient (Wildman–Crippen LogP) is 1.45. The highest BCUT2D eigenvalue weighted by Crippen LogP contribution is 2.20. The van der Waals surface area contributed by atoms with Crippen LogP contribution in [0.4, 0.5) is 0 Å². The van der Waals surface area contributed by atoms with E-state index >= 15 is 0 Å². The molecule has 0 saturated carbocycles. The smallest absolute Gasteiger partial charge is 0.147 e. The zero-order chi connectivity index (χ0) is 17.1. The van der Waals surface area contributed by atoms with Gasteiger partial charge >= 0.3 is 0 Å². The van der Waals surface area contributed by atoms with Crippen molar-refractivity contribution in [2.24, 2.45) is 5.92 Å². The highest BCUT2D eigenvalue weighted by Gasteiger charge is 2.28. The standard InChI is InChI=1S/C18H33N5O/c1-14-6-9-21(10-7-14)12-18(24)13-22-8-4-5-17(22)11-23-16(3)19-15(2)20-23/h14,17-18,24H,4-13H2,1-3H3/t17-,18+/m0/s1. The summed E-state index contributed by atoms with van der Waals surface area (Å²) >= 11 is 0. The quantitative estimate of drug-likeness (QED) is 0.853. The molecule has 0 amide bonds. The molecule has 0 bridgehead atoms. The van der Waals surface area contributed by atoms with Gasteiger partial charge in [-0.25, -0.2) is 9.67 Å². The van der Waals surface area contributed by atoms with Gasteiger partial charge in [-0.15, -0.1) is 0 Å². The third kappa shape index (κ3) is 4.55. The molecule has 1 aromatic heterocycles. The SMILES string of the molecule is Cc1nc(C)n(C[C@@H]2CCCN2C[C@H](O)CN2CCC(C)CC2)n1. The van der Waals surface area contributed by atoms with E-state index in [1.807, 2.05) is 18.5 Å². The van der Waals surface area contributed by atoms with Crippen molar-refractivity contribution in [2.75, 3.05) is 32.7 Å². The fraction of sp³-hybridized carbons (Fsp3) is 0.889. The molecule has 0 spiro atoms. The van der Waals surface area contributed by atoms with Crippen molar-refractivity contribution in [3.05, 3.63) is 11.6 Å². The van der Waals surface area contributed by atoms with Gasteiger partial charge in [0.1, 0.15) is 11.6 Å². The summed E-state index contributed by atoms with van der Waals surface area (Å²) in [7, 11) is 0. The van der Waals surface area contributed by atoms with Crippen molar-refractivity contribution in [3.63, 3.8) is 0 Å². The van der Waals surface area contributed by atoms with E-state index in [0.29, 0.717) is 6.04 Å². The van der Waals surface area contributed by atoms with Gasteiger partial charge in [-0.3, -0.25) is 4.90 Å². The molecule has 1 N–H and O–H groups in total. The van der Waals surface area contributed by atoms with E-state index in [1.165, 1.54) is 25.7 Å². The first kappa shape index (κ1) is 17.8. The Labute approximate surface area is 145 Å². The molecule has 0 unspecified atom stereocenters. The van der Waals surface area contributed by atoms with E-state index < -0.39 is 0 Å². The van der Waals surface area contributed by atoms with E-state index in [0.717, 1.165) is 56.8 Å². The maximum absolute atomic E-state index is 10.6. The zero-order valence-electron chi connectivity index (χ0n) is 15.5. The molecular formula is C18H33N5O. The van der Waals surface area contributed by atoms with Gasteiger partial charge in [0.2, 0.25) is 0 Å². The average molecular weight is 335 g/mol. The number of piperidine rings is 1. The Balaban J connectivity index is 1.49. The number of likely N-dealkylation sites (tertiary alicyclic amines) is 2. The van der Waals surface area contributed by atoms with E-state index in [4.69, 9.17) is 0 Å². The first-order valence-electron chi connectivity index (χ1n) is 9.54. The van der Waals surface area contributed by atoms with Gasteiger partial charge in [0, 0.05) is 19.1 Å². The second-order valence-electron chi connectivity index (χ2n) is 7.82. The molecular weight excluding hydrogens is 302 g/mol. The summed E-state index contributed by atoms with van der Waals surface area (Å²) in [5, 5.41) is 15.0. The number of rotatable bonds is 6. The van der Waals surface area contributed by atoms with Crippen LogP contribution in [0.2, 0.25) is 0 Å². The van der Waals surface area contributed by atoms with Gasteiger partial charge in [-0.1, -0.05) is 6.92 Å².